The maximum atomic E-state index is 11.6. The second kappa shape index (κ2) is 4.82. The fraction of sp³-hybridized carbons (Fsp3) is 0.438. The average molecular weight is 257 g/mol. The van der Waals surface area contributed by atoms with Gasteiger partial charge in [-0.2, -0.15) is 0 Å². The van der Waals surface area contributed by atoms with E-state index in [1.54, 1.807) is 6.08 Å². The molecule has 0 aromatic heterocycles. The number of ether oxygens (including phenoxy) is 1. The lowest BCUT2D eigenvalue weighted by Crippen LogP contribution is -2.35. The van der Waals surface area contributed by atoms with Gasteiger partial charge in [0.1, 0.15) is 0 Å². The molecule has 1 aliphatic carbocycles. The number of esters is 1. The number of nitrogens with zero attached hydrogens (tertiary/aromatic N) is 1. The number of hydrogen-bond acceptors (Lipinski definition) is 3. The van der Waals surface area contributed by atoms with Crippen molar-refractivity contribution in [1.82, 2.24) is 4.90 Å². The first kappa shape index (κ1) is 12.4. The van der Waals surface area contributed by atoms with Crippen LogP contribution in [0.5, 0.6) is 0 Å². The van der Waals surface area contributed by atoms with Crippen LogP contribution in [-0.4, -0.2) is 38.1 Å². The third-order valence-electron chi connectivity index (χ3n) is 4.36. The Morgan fingerprint density at radius 3 is 2.95 bits per heavy atom. The van der Waals surface area contributed by atoms with E-state index in [1.165, 1.54) is 18.2 Å². The summed E-state index contributed by atoms with van der Waals surface area (Å²) in [6.07, 6.45) is 2.85. The van der Waals surface area contributed by atoms with Crippen molar-refractivity contribution in [1.29, 1.82) is 0 Å². The molecule has 2 aliphatic rings. The lowest BCUT2D eigenvalue weighted by molar-refractivity contribution is -0.134. The molecule has 0 radical (unpaired) electrons. The fourth-order valence-corrected chi connectivity index (χ4v) is 3.46. The van der Waals surface area contributed by atoms with Crippen LogP contribution < -0.4 is 0 Å². The van der Waals surface area contributed by atoms with E-state index >= 15 is 0 Å². The van der Waals surface area contributed by atoms with Crippen molar-refractivity contribution >= 4 is 11.5 Å². The Morgan fingerprint density at radius 1 is 1.37 bits per heavy atom. The normalized spacial score (nSPS) is 28.0. The molecule has 0 bridgehead atoms. The summed E-state index contributed by atoms with van der Waals surface area (Å²) in [5.41, 5.74) is 3.79. The number of fused-ring (bicyclic) bond motifs is 3. The maximum absolute atomic E-state index is 11.6. The molecule has 0 saturated carbocycles. The van der Waals surface area contributed by atoms with Gasteiger partial charge < -0.3 is 9.64 Å². The number of likely N-dealkylation sites (tertiary alicyclic amines) is 1. The van der Waals surface area contributed by atoms with E-state index in [0.717, 1.165) is 25.1 Å². The SMILES string of the molecule is COC(=O)/C=C1\c2ccccc2C2CCN(C)CC12. The number of carbonyl (C=O) groups excluding carboxylic acids is 1. The van der Waals surface area contributed by atoms with Gasteiger partial charge in [-0.1, -0.05) is 24.3 Å². The van der Waals surface area contributed by atoms with Crippen LogP contribution in [0.25, 0.3) is 5.57 Å². The van der Waals surface area contributed by atoms with Gasteiger partial charge in [0.2, 0.25) is 0 Å². The molecule has 100 valence electrons. The first-order valence-electron chi connectivity index (χ1n) is 6.78. The van der Waals surface area contributed by atoms with Crippen LogP contribution in [0.1, 0.15) is 23.5 Å². The number of benzene rings is 1. The highest BCUT2D eigenvalue weighted by atomic mass is 16.5. The predicted molar refractivity (Wildman–Crippen MR) is 74.8 cm³/mol. The van der Waals surface area contributed by atoms with E-state index in [-0.39, 0.29) is 5.97 Å². The molecule has 1 aliphatic heterocycles. The Balaban J connectivity index is 2.06. The highest BCUT2D eigenvalue weighted by Crippen LogP contribution is 2.49. The van der Waals surface area contributed by atoms with Crippen molar-refractivity contribution in [2.24, 2.45) is 5.92 Å². The molecule has 1 aromatic rings. The Kier molecular flexibility index (Phi) is 3.15. The summed E-state index contributed by atoms with van der Waals surface area (Å²) in [5.74, 6) is 0.734. The second-order valence-electron chi connectivity index (χ2n) is 5.47. The van der Waals surface area contributed by atoms with E-state index < -0.39 is 0 Å². The molecule has 3 rings (SSSR count). The van der Waals surface area contributed by atoms with Crippen molar-refractivity contribution in [3.05, 3.63) is 41.5 Å². The van der Waals surface area contributed by atoms with Crippen molar-refractivity contribution in [3.63, 3.8) is 0 Å². The van der Waals surface area contributed by atoms with Gasteiger partial charge in [-0.3, -0.25) is 0 Å². The molecule has 2 atom stereocenters. The quantitative estimate of drug-likeness (QED) is 0.571. The largest absolute Gasteiger partial charge is 0.466 e. The Morgan fingerprint density at radius 2 is 2.16 bits per heavy atom. The summed E-state index contributed by atoms with van der Waals surface area (Å²) < 4.78 is 4.80. The summed E-state index contributed by atoms with van der Waals surface area (Å²) in [6, 6.07) is 8.47. The highest BCUT2D eigenvalue weighted by molar-refractivity contribution is 5.94. The van der Waals surface area contributed by atoms with Crippen LogP contribution in [0.2, 0.25) is 0 Å². The van der Waals surface area contributed by atoms with Gasteiger partial charge in [-0.15, -0.1) is 0 Å². The van der Waals surface area contributed by atoms with Crippen LogP contribution >= 0.6 is 0 Å². The van der Waals surface area contributed by atoms with Gasteiger partial charge in [-0.05, 0) is 42.6 Å². The highest BCUT2D eigenvalue weighted by Gasteiger charge is 2.39. The molecule has 19 heavy (non-hydrogen) atoms. The van der Waals surface area contributed by atoms with Gasteiger partial charge in [0.05, 0.1) is 7.11 Å². The van der Waals surface area contributed by atoms with Crippen molar-refractivity contribution in [3.8, 4) is 0 Å². The summed E-state index contributed by atoms with van der Waals surface area (Å²) in [5, 5.41) is 0. The minimum absolute atomic E-state index is 0.251. The molecule has 1 fully saturated rings. The molecule has 0 amide bonds. The summed E-state index contributed by atoms with van der Waals surface area (Å²) in [4.78, 5) is 14.0. The predicted octanol–water partition coefficient (Wildman–Crippen LogP) is 2.29. The number of rotatable bonds is 1. The minimum Gasteiger partial charge on any atom is -0.466 e. The number of hydrogen-bond donors (Lipinski definition) is 0. The molecule has 1 heterocycles. The Hall–Kier alpha value is -1.61. The first-order chi connectivity index (χ1) is 9.20. The van der Waals surface area contributed by atoms with Crippen molar-refractivity contribution in [2.45, 2.75) is 12.3 Å². The second-order valence-corrected chi connectivity index (χ2v) is 5.47. The van der Waals surface area contributed by atoms with Crippen LogP contribution in [0, 0.1) is 5.92 Å². The molecular formula is C16H19NO2. The van der Waals surface area contributed by atoms with Crippen LogP contribution in [-0.2, 0) is 9.53 Å². The third-order valence-corrected chi connectivity index (χ3v) is 4.36. The zero-order valence-electron chi connectivity index (χ0n) is 11.4. The van der Waals surface area contributed by atoms with Crippen LogP contribution in [0.3, 0.4) is 0 Å². The molecule has 3 heteroatoms. The minimum atomic E-state index is -0.251. The molecule has 0 spiro atoms. The molecule has 1 saturated heterocycles. The van der Waals surface area contributed by atoms with Gasteiger partial charge >= 0.3 is 5.97 Å². The van der Waals surface area contributed by atoms with Gasteiger partial charge in [-0.25, -0.2) is 4.79 Å². The summed E-state index contributed by atoms with van der Waals surface area (Å²) in [6.45, 7) is 2.14. The van der Waals surface area contributed by atoms with E-state index in [9.17, 15) is 4.79 Å². The smallest absolute Gasteiger partial charge is 0.330 e. The van der Waals surface area contributed by atoms with Crippen LogP contribution in [0.4, 0.5) is 0 Å². The zero-order valence-corrected chi connectivity index (χ0v) is 11.4. The lowest BCUT2D eigenvalue weighted by Gasteiger charge is -2.33. The number of piperidine rings is 1. The van der Waals surface area contributed by atoms with E-state index in [4.69, 9.17) is 4.74 Å². The molecule has 1 aromatic carbocycles. The molecular weight excluding hydrogens is 238 g/mol. The van der Waals surface area contributed by atoms with E-state index in [1.807, 2.05) is 6.07 Å². The van der Waals surface area contributed by atoms with Gasteiger partial charge in [0.15, 0.2) is 0 Å². The number of carbonyl (C=O) groups is 1. The Bertz CT molecular complexity index is 535. The summed E-state index contributed by atoms with van der Waals surface area (Å²) >= 11 is 0. The fourth-order valence-electron chi connectivity index (χ4n) is 3.46. The topological polar surface area (TPSA) is 29.5 Å². The molecule has 2 unspecified atom stereocenters. The van der Waals surface area contributed by atoms with Crippen molar-refractivity contribution < 1.29 is 9.53 Å². The average Bonchev–Trinajstić information content (AvgIpc) is 2.73. The van der Waals surface area contributed by atoms with E-state index in [2.05, 4.69) is 30.1 Å². The standard InChI is InChI=1S/C16H19NO2/c1-17-8-7-13-11-5-3-4-6-12(11)14(15(13)10-17)9-16(18)19-2/h3-6,9,13,15H,7-8,10H2,1-2H3/b14-9+. The van der Waals surface area contributed by atoms with Gasteiger partial charge in [0.25, 0.3) is 0 Å². The monoisotopic (exact) mass is 257 g/mol. The summed E-state index contributed by atoms with van der Waals surface area (Å²) in [7, 11) is 3.58. The molecule has 3 nitrogen and oxygen atoms in total. The van der Waals surface area contributed by atoms with Crippen molar-refractivity contribution in [2.75, 3.05) is 27.2 Å². The Labute approximate surface area is 113 Å². The molecule has 0 N–H and O–H groups in total. The maximum Gasteiger partial charge on any atom is 0.330 e. The lowest BCUT2D eigenvalue weighted by atomic mass is 9.84. The first-order valence-corrected chi connectivity index (χ1v) is 6.78. The van der Waals surface area contributed by atoms with Gasteiger partial charge in [0, 0.05) is 18.5 Å². The van der Waals surface area contributed by atoms with E-state index in [0.29, 0.717) is 11.8 Å². The third kappa shape index (κ3) is 2.08. The number of methoxy groups -OCH3 is 1. The van der Waals surface area contributed by atoms with Crippen LogP contribution in [0.15, 0.2) is 30.3 Å². The zero-order chi connectivity index (χ0) is 13.4.